The Hall–Kier alpha value is -2.60. The maximum atomic E-state index is 11.5. The van der Waals surface area contributed by atoms with Crippen LogP contribution in [0.1, 0.15) is 30.1 Å². The van der Waals surface area contributed by atoms with Gasteiger partial charge in [0.05, 0.1) is 9.95 Å². The van der Waals surface area contributed by atoms with Gasteiger partial charge in [-0.25, -0.2) is 0 Å². The molecule has 0 spiro atoms. The fourth-order valence-electron chi connectivity index (χ4n) is 3.09. The summed E-state index contributed by atoms with van der Waals surface area (Å²) in [5, 5.41) is 12.0. The summed E-state index contributed by atoms with van der Waals surface area (Å²) in [6.07, 6.45) is 1.48. The molecule has 6 nitrogen and oxygen atoms in total. The Bertz CT molecular complexity index is 832. The molecule has 0 unspecified atom stereocenters. The number of ether oxygens (including phenoxy) is 1. The number of ketones is 1. The molecule has 0 aromatic heterocycles. The van der Waals surface area contributed by atoms with Gasteiger partial charge in [0.25, 0.3) is 5.69 Å². The number of nitro groups is 1. The van der Waals surface area contributed by atoms with Gasteiger partial charge in [0.1, 0.15) is 17.5 Å². The minimum atomic E-state index is -0.436. The molecule has 0 N–H and O–H groups in total. The predicted octanol–water partition coefficient (Wildman–Crippen LogP) is 4.50. The number of carbonyl (C=O) groups excluding carboxylic acids is 1. The van der Waals surface area contributed by atoms with E-state index in [1.807, 2.05) is 23.1 Å². The van der Waals surface area contributed by atoms with Crippen LogP contribution >= 0.6 is 11.6 Å². The van der Waals surface area contributed by atoms with Gasteiger partial charge in [-0.3, -0.25) is 14.9 Å². The highest BCUT2D eigenvalue weighted by atomic mass is 35.5. The summed E-state index contributed by atoms with van der Waals surface area (Å²) in [5.74, 6) is 0.468. The third-order valence-corrected chi connectivity index (χ3v) is 4.80. The molecule has 2 aromatic carbocycles. The van der Waals surface area contributed by atoms with Crippen LogP contribution in [0.5, 0.6) is 5.75 Å². The van der Waals surface area contributed by atoms with E-state index in [9.17, 15) is 14.9 Å². The van der Waals surface area contributed by atoms with Crippen LogP contribution in [0.2, 0.25) is 5.02 Å². The van der Waals surface area contributed by atoms with Gasteiger partial charge in [-0.1, -0.05) is 23.7 Å². The zero-order valence-corrected chi connectivity index (χ0v) is 15.1. The van der Waals surface area contributed by atoms with E-state index in [0.29, 0.717) is 35.1 Å². The third kappa shape index (κ3) is 3.96. The van der Waals surface area contributed by atoms with Gasteiger partial charge >= 0.3 is 0 Å². The molecule has 1 aliphatic heterocycles. The van der Waals surface area contributed by atoms with Crippen molar-refractivity contribution in [1.29, 1.82) is 0 Å². The van der Waals surface area contributed by atoms with Crippen molar-refractivity contribution in [2.24, 2.45) is 0 Å². The van der Waals surface area contributed by atoms with Crippen LogP contribution in [0.4, 0.5) is 11.4 Å². The van der Waals surface area contributed by atoms with Gasteiger partial charge in [-0.05, 0) is 31.2 Å². The van der Waals surface area contributed by atoms with E-state index in [2.05, 4.69) is 0 Å². The van der Waals surface area contributed by atoms with Gasteiger partial charge in [-0.15, -0.1) is 0 Å². The first-order chi connectivity index (χ1) is 12.5. The number of hydrogen-bond donors (Lipinski definition) is 0. The fourth-order valence-corrected chi connectivity index (χ4v) is 3.27. The number of hydrogen-bond acceptors (Lipinski definition) is 5. The van der Waals surface area contributed by atoms with Crippen molar-refractivity contribution in [3.63, 3.8) is 0 Å². The lowest BCUT2D eigenvalue weighted by molar-refractivity contribution is -0.384. The Labute approximate surface area is 156 Å². The number of rotatable bonds is 5. The zero-order valence-electron chi connectivity index (χ0n) is 14.4. The van der Waals surface area contributed by atoms with Crippen molar-refractivity contribution >= 4 is 28.8 Å². The topological polar surface area (TPSA) is 72.7 Å². The van der Waals surface area contributed by atoms with Crippen LogP contribution < -0.4 is 9.64 Å². The molecule has 2 aromatic rings. The molecule has 0 atom stereocenters. The predicted molar refractivity (Wildman–Crippen MR) is 100 cm³/mol. The van der Waals surface area contributed by atoms with Crippen molar-refractivity contribution in [3.8, 4) is 5.75 Å². The molecule has 136 valence electrons. The Morgan fingerprint density at radius 3 is 2.54 bits per heavy atom. The molecule has 3 rings (SSSR count). The number of benzene rings is 2. The molecule has 1 aliphatic rings. The fraction of sp³-hybridized carbons (Fsp3) is 0.316. The van der Waals surface area contributed by atoms with Crippen LogP contribution in [0.25, 0.3) is 0 Å². The van der Waals surface area contributed by atoms with Gasteiger partial charge in [-0.2, -0.15) is 0 Å². The molecule has 1 fully saturated rings. The number of Topliss-reactive ketones (excluding diaryl/α,β-unsaturated/α-hetero) is 1. The molecular weight excluding hydrogens is 356 g/mol. The number of piperidine rings is 1. The van der Waals surface area contributed by atoms with E-state index >= 15 is 0 Å². The summed E-state index contributed by atoms with van der Waals surface area (Å²) in [4.78, 5) is 24.4. The highest BCUT2D eigenvalue weighted by Gasteiger charge is 2.26. The van der Waals surface area contributed by atoms with Crippen molar-refractivity contribution in [3.05, 3.63) is 63.2 Å². The average molecular weight is 375 g/mol. The average Bonchev–Trinajstić information content (AvgIpc) is 2.63. The van der Waals surface area contributed by atoms with Crippen LogP contribution in [0, 0.1) is 10.1 Å². The van der Waals surface area contributed by atoms with E-state index < -0.39 is 4.92 Å². The Morgan fingerprint density at radius 2 is 1.92 bits per heavy atom. The maximum Gasteiger partial charge on any atom is 0.293 e. The summed E-state index contributed by atoms with van der Waals surface area (Å²) in [6, 6.07) is 12.0. The summed E-state index contributed by atoms with van der Waals surface area (Å²) in [7, 11) is 0. The minimum Gasteiger partial charge on any atom is -0.489 e. The summed E-state index contributed by atoms with van der Waals surface area (Å²) in [5.41, 5.74) is 0.844. The highest BCUT2D eigenvalue weighted by Crippen LogP contribution is 2.33. The van der Waals surface area contributed by atoms with Crippen LogP contribution in [0.15, 0.2) is 42.5 Å². The molecule has 1 saturated heterocycles. The molecular formula is C19H19ClN2O4. The second-order valence-electron chi connectivity index (χ2n) is 6.25. The van der Waals surface area contributed by atoms with Gasteiger partial charge < -0.3 is 9.64 Å². The molecule has 0 radical (unpaired) electrons. The smallest absolute Gasteiger partial charge is 0.293 e. The minimum absolute atomic E-state index is 0.0155. The molecule has 0 bridgehead atoms. The van der Waals surface area contributed by atoms with Crippen molar-refractivity contribution < 1.29 is 14.5 Å². The summed E-state index contributed by atoms with van der Waals surface area (Å²) < 4.78 is 5.96. The summed E-state index contributed by atoms with van der Waals surface area (Å²) >= 11 is 6.13. The lowest BCUT2D eigenvalue weighted by Gasteiger charge is -2.33. The van der Waals surface area contributed by atoms with E-state index in [0.717, 1.165) is 12.8 Å². The molecule has 0 saturated carbocycles. The lowest BCUT2D eigenvalue weighted by atomic mass is 10.0. The Kier molecular flexibility index (Phi) is 5.42. The Balaban J connectivity index is 1.71. The normalized spacial score (nSPS) is 14.9. The van der Waals surface area contributed by atoms with Crippen molar-refractivity contribution in [2.45, 2.75) is 25.9 Å². The van der Waals surface area contributed by atoms with E-state index in [1.165, 1.54) is 13.0 Å². The molecule has 0 aliphatic carbocycles. The largest absolute Gasteiger partial charge is 0.489 e. The molecule has 0 amide bonds. The first kappa shape index (κ1) is 18.2. The van der Waals surface area contributed by atoms with Crippen molar-refractivity contribution in [2.75, 3.05) is 18.0 Å². The number of nitrogens with zero attached hydrogens (tertiary/aromatic N) is 2. The Morgan fingerprint density at radius 1 is 1.23 bits per heavy atom. The number of nitro benzene ring substituents is 1. The molecule has 7 heteroatoms. The number of para-hydroxylation sites is 1. The van der Waals surface area contributed by atoms with E-state index in [4.69, 9.17) is 16.3 Å². The second kappa shape index (κ2) is 7.74. The molecule has 1 heterocycles. The van der Waals surface area contributed by atoms with Crippen LogP contribution in [-0.2, 0) is 0 Å². The van der Waals surface area contributed by atoms with Crippen LogP contribution in [0.3, 0.4) is 0 Å². The van der Waals surface area contributed by atoms with Gasteiger partial charge in [0, 0.05) is 37.6 Å². The standard InChI is InChI=1S/C19H19ClN2O4/c1-13(23)14-6-7-17(18(12-14)22(24)25)21-10-8-15(9-11-21)26-19-5-3-2-4-16(19)20/h2-7,12,15H,8-11H2,1H3. The number of carbonyl (C=O) groups is 1. The van der Waals surface area contributed by atoms with Crippen LogP contribution in [-0.4, -0.2) is 29.9 Å². The highest BCUT2D eigenvalue weighted by molar-refractivity contribution is 6.32. The SMILES string of the molecule is CC(=O)c1ccc(N2CCC(Oc3ccccc3Cl)CC2)c([N+](=O)[O-])c1. The summed E-state index contributed by atoms with van der Waals surface area (Å²) in [6.45, 7) is 2.67. The molecule has 26 heavy (non-hydrogen) atoms. The monoisotopic (exact) mass is 374 g/mol. The van der Waals surface area contributed by atoms with Gasteiger partial charge in [0.15, 0.2) is 5.78 Å². The maximum absolute atomic E-state index is 11.5. The first-order valence-corrected chi connectivity index (χ1v) is 8.79. The van der Waals surface area contributed by atoms with Crippen molar-refractivity contribution in [1.82, 2.24) is 0 Å². The van der Waals surface area contributed by atoms with E-state index in [-0.39, 0.29) is 17.6 Å². The zero-order chi connectivity index (χ0) is 18.7. The quantitative estimate of drug-likeness (QED) is 0.437. The first-order valence-electron chi connectivity index (χ1n) is 8.41. The third-order valence-electron chi connectivity index (χ3n) is 4.49. The van der Waals surface area contributed by atoms with E-state index in [1.54, 1.807) is 18.2 Å². The lowest BCUT2D eigenvalue weighted by Crippen LogP contribution is -2.38. The second-order valence-corrected chi connectivity index (χ2v) is 6.66. The number of anilines is 1. The van der Waals surface area contributed by atoms with Gasteiger partial charge in [0.2, 0.25) is 0 Å². The number of halogens is 1.